The first-order chi connectivity index (χ1) is 14.4. The summed E-state index contributed by atoms with van der Waals surface area (Å²) < 4.78 is 11.1. The van der Waals surface area contributed by atoms with Crippen LogP contribution in [0.5, 0.6) is 11.5 Å². The zero-order valence-corrected chi connectivity index (χ0v) is 17.9. The molecule has 162 valence electrons. The van der Waals surface area contributed by atoms with Crippen LogP contribution in [-0.2, 0) is 4.79 Å². The van der Waals surface area contributed by atoms with Gasteiger partial charge in [-0.15, -0.1) is 0 Å². The van der Waals surface area contributed by atoms with Crippen molar-refractivity contribution in [2.24, 2.45) is 0 Å². The third kappa shape index (κ3) is 4.73. The highest BCUT2D eigenvalue weighted by atomic mass is 16.5. The molecule has 0 aliphatic carbocycles. The first-order valence-corrected chi connectivity index (χ1v) is 9.92. The number of likely N-dealkylation sites (N-methyl/N-ethyl adjacent to an activating group) is 2. The standard InChI is InChI=1S/C21H29N5O4/c1-15-16(13-22-23-15)20(27)26-10-9-24(2)17(14-26)21(28)25(3)11-12-30-19-8-6-5-7-18(19)29-4/h5-8,13,17H,9-12,14H2,1-4H3,(H,22,23). The summed E-state index contributed by atoms with van der Waals surface area (Å²) in [4.78, 5) is 31.2. The van der Waals surface area contributed by atoms with Crippen molar-refractivity contribution in [2.45, 2.75) is 13.0 Å². The number of nitrogens with zero attached hydrogens (tertiary/aromatic N) is 4. The third-order valence-electron chi connectivity index (χ3n) is 5.41. The lowest BCUT2D eigenvalue weighted by atomic mass is 10.1. The second-order valence-corrected chi connectivity index (χ2v) is 7.42. The predicted molar refractivity (Wildman–Crippen MR) is 112 cm³/mol. The van der Waals surface area contributed by atoms with Gasteiger partial charge in [0, 0.05) is 32.4 Å². The molecule has 3 rings (SSSR count). The average molecular weight is 415 g/mol. The van der Waals surface area contributed by atoms with E-state index >= 15 is 0 Å². The summed E-state index contributed by atoms with van der Waals surface area (Å²) in [6, 6.07) is 7.01. The molecule has 1 unspecified atom stereocenters. The number of amides is 2. The van der Waals surface area contributed by atoms with Gasteiger partial charge in [-0.25, -0.2) is 0 Å². The molecule has 1 aromatic carbocycles. The van der Waals surface area contributed by atoms with Crippen LogP contribution in [0.4, 0.5) is 0 Å². The number of hydrogen-bond acceptors (Lipinski definition) is 6. The molecule has 1 saturated heterocycles. The first kappa shape index (κ1) is 21.6. The zero-order valence-electron chi connectivity index (χ0n) is 17.9. The zero-order chi connectivity index (χ0) is 21.7. The molecule has 1 aromatic heterocycles. The van der Waals surface area contributed by atoms with Gasteiger partial charge in [0.2, 0.25) is 5.91 Å². The number of benzene rings is 1. The lowest BCUT2D eigenvalue weighted by Crippen LogP contribution is -2.59. The average Bonchev–Trinajstić information content (AvgIpc) is 3.19. The Morgan fingerprint density at radius 2 is 2.00 bits per heavy atom. The van der Waals surface area contributed by atoms with Gasteiger partial charge in [-0.3, -0.25) is 19.6 Å². The van der Waals surface area contributed by atoms with E-state index in [9.17, 15) is 9.59 Å². The number of carbonyl (C=O) groups is 2. The Morgan fingerprint density at radius 1 is 1.27 bits per heavy atom. The monoisotopic (exact) mass is 415 g/mol. The van der Waals surface area contributed by atoms with E-state index in [0.717, 1.165) is 5.69 Å². The van der Waals surface area contributed by atoms with Crippen LogP contribution in [0.2, 0.25) is 0 Å². The maximum Gasteiger partial charge on any atom is 0.257 e. The van der Waals surface area contributed by atoms with Gasteiger partial charge < -0.3 is 19.3 Å². The number of carbonyl (C=O) groups excluding carboxylic acids is 2. The van der Waals surface area contributed by atoms with E-state index in [1.165, 1.54) is 6.20 Å². The van der Waals surface area contributed by atoms with Crippen LogP contribution in [0.15, 0.2) is 30.5 Å². The number of ether oxygens (including phenoxy) is 2. The van der Waals surface area contributed by atoms with Crippen LogP contribution in [0.1, 0.15) is 16.1 Å². The summed E-state index contributed by atoms with van der Waals surface area (Å²) in [5.41, 5.74) is 1.27. The predicted octanol–water partition coefficient (Wildman–Crippen LogP) is 1.02. The van der Waals surface area contributed by atoms with Gasteiger partial charge in [0.1, 0.15) is 12.6 Å². The third-order valence-corrected chi connectivity index (χ3v) is 5.41. The fourth-order valence-corrected chi connectivity index (χ4v) is 3.46. The van der Waals surface area contributed by atoms with Crippen molar-refractivity contribution in [3.63, 3.8) is 0 Å². The molecule has 1 N–H and O–H groups in total. The summed E-state index contributed by atoms with van der Waals surface area (Å²) in [5.74, 6) is 1.15. The molecule has 30 heavy (non-hydrogen) atoms. The molecular formula is C21H29N5O4. The van der Waals surface area contributed by atoms with Gasteiger partial charge in [-0.05, 0) is 26.1 Å². The topological polar surface area (TPSA) is 91.0 Å². The molecule has 1 fully saturated rings. The number of aryl methyl sites for hydroxylation is 1. The van der Waals surface area contributed by atoms with E-state index in [-0.39, 0.29) is 11.8 Å². The number of hydrogen-bond donors (Lipinski definition) is 1. The first-order valence-electron chi connectivity index (χ1n) is 9.92. The molecule has 2 amide bonds. The van der Waals surface area contributed by atoms with E-state index in [1.807, 2.05) is 43.1 Å². The quantitative estimate of drug-likeness (QED) is 0.726. The number of aromatic nitrogens is 2. The summed E-state index contributed by atoms with van der Waals surface area (Å²) in [6.45, 7) is 4.13. The van der Waals surface area contributed by atoms with Gasteiger partial charge >= 0.3 is 0 Å². The summed E-state index contributed by atoms with van der Waals surface area (Å²) in [7, 11) is 5.25. The lowest BCUT2D eigenvalue weighted by molar-refractivity contribution is -0.137. The van der Waals surface area contributed by atoms with E-state index in [0.29, 0.717) is 49.8 Å². The SMILES string of the molecule is COc1ccccc1OCCN(C)C(=O)C1CN(C(=O)c2cn[nH]c2C)CCN1C. The Morgan fingerprint density at radius 3 is 2.67 bits per heavy atom. The van der Waals surface area contributed by atoms with Crippen LogP contribution in [0.3, 0.4) is 0 Å². The van der Waals surface area contributed by atoms with Gasteiger partial charge in [-0.2, -0.15) is 5.10 Å². The number of aromatic amines is 1. The van der Waals surface area contributed by atoms with Gasteiger partial charge in [0.25, 0.3) is 5.91 Å². The summed E-state index contributed by atoms with van der Waals surface area (Å²) in [6.07, 6.45) is 1.54. The second kappa shape index (κ2) is 9.62. The number of H-pyrrole nitrogens is 1. The van der Waals surface area contributed by atoms with E-state index < -0.39 is 6.04 Å². The van der Waals surface area contributed by atoms with Crippen LogP contribution in [-0.4, -0.2) is 96.7 Å². The maximum absolute atomic E-state index is 13.0. The highest BCUT2D eigenvalue weighted by Gasteiger charge is 2.34. The molecule has 9 nitrogen and oxygen atoms in total. The molecule has 0 spiro atoms. The van der Waals surface area contributed by atoms with Crippen LogP contribution < -0.4 is 9.47 Å². The van der Waals surface area contributed by atoms with Crippen molar-refractivity contribution < 1.29 is 19.1 Å². The van der Waals surface area contributed by atoms with E-state index in [4.69, 9.17) is 9.47 Å². The molecule has 2 aromatic rings. The molecule has 2 heterocycles. The van der Waals surface area contributed by atoms with Crippen molar-refractivity contribution in [1.82, 2.24) is 24.9 Å². The summed E-state index contributed by atoms with van der Waals surface area (Å²) in [5, 5.41) is 6.71. The Balaban J connectivity index is 1.57. The Labute approximate surface area is 176 Å². The molecule has 1 aliphatic rings. The minimum Gasteiger partial charge on any atom is -0.493 e. The van der Waals surface area contributed by atoms with E-state index in [1.54, 1.807) is 24.0 Å². The highest BCUT2D eigenvalue weighted by Crippen LogP contribution is 2.25. The van der Waals surface area contributed by atoms with Gasteiger partial charge in [-0.1, -0.05) is 12.1 Å². The van der Waals surface area contributed by atoms with Crippen molar-refractivity contribution in [3.8, 4) is 11.5 Å². The molecule has 0 bridgehead atoms. The Bertz CT molecular complexity index is 884. The molecular weight excluding hydrogens is 386 g/mol. The Hall–Kier alpha value is -3.07. The minimum atomic E-state index is -0.397. The number of para-hydroxylation sites is 2. The molecule has 1 aliphatic heterocycles. The smallest absolute Gasteiger partial charge is 0.257 e. The lowest BCUT2D eigenvalue weighted by Gasteiger charge is -2.39. The molecule has 1 atom stereocenters. The van der Waals surface area contributed by atoms with Gasteiger partial charge in [0.15, 0.2) is 11.5 Å². The number of piperazine rings is 1. The van der Waals surface area contributed by atoms with E-state index in [2.05, 4.69) is 10.2 Å². The van der Waals surface area contributed by atoms with Gasteiger partial charge in [0.05, 0.1) is 25.4 Å². The minimum absolute atomic E-state index is 0.0393. The molecule has 9 heteroatoms. The van der Waals surface area contributed by atoms with Crippen LogP contribution in [0.25, 0.3) is 0 Å². The van der Waals surface area contributed by atoms with Crippen LogP contribution in [0, 0.1) is 6.92 Å². The van der Waals surface area contributed by atoms with Crippen molar-refractivity contribution in [3.05, 3.63) is 41.7 Å². The maximum atomic E-state index is 13.0. The Kier molecular flexibility index (Phi) is 6.94. The number of rotatable bonds is 7. The highest BCUT2D eigenvalue weighted by molar-refractivity contribution is 5.95. The number of methoxy groups -OCH3 is 1. The fourth-order valence-electron chi connectivity index (χ4n) is 3.46. The number of nitrogens with one attached hydrogen (secondary N) is 1. The van der Waals surface area contributed by atoms with Crippen molar-refractivity contribution in [1.29, 1.82) is 0 Å². The van der Waals surface area contributed by atoms with Crippen molar-refractivity contribution >= 4 is 11.8 Å². The molecule has 0 saturated carbocycles. The normalized spacial score (nSPS) is 16.9. The largest absolute Gasteiger partial charge is 0.493 e. The second-order valence-electron chi connectivity index (χ2n) is 7.42. The summed E-state index contributed by atoms with van der Waals surface area (Å²) >= 11 is 0. The molecule has 0 radical (unpaired) electrons. The van der Waals surface area contributed by atoms with Crippen LogP contribution >= 0.6 is 0 Å². The van der Waals surface area contributed by atoms with Crippen molar-refractivity contribution in [2.75, 3.05) is 54.0 Å². The fraction of sp³-hybridized carbons (Fsp3) is 0.476.